The average molecular weight is 332 g/mol. The van der Waals surface area contributed by atoms with Crippen LogP contribution in [0.15, 0.2) is 48.8 Å². The summed E-state index contributed by atoms with van der Waals surface area (Å²) < 4.78 is 6.03. The van der Waals surface area contributed by atoms with Crippen LogP contribution in [0.25, 0.3) is 0 Å². The molecule has 0 saturated carbocycles. The molecule has 1 aliphatic rings. The third-order valence-corrected chi connectivity index (χ3v) is 4.40. The van der Waals surface area contributed by atoms with Gasteiger partial charge in [-0.3, -0.25) is 4.98 Å². The monoisotopic (exact) mass is 331 g/mol. The Bertz CT molecular complexity index is 605. The summed E-state index contributed by atoms with van der Waals surface area (Å²) >= 11 is 6.03. The van der Waals surface area contributed by atoms with Gasteiger partial charge in [0, 0.05) is 37.1 Å². The van der Waals surface area contributed by atoms with Crippen LogP contribution in [-0.2, 0) is 11.3 Å². The standard InChI is InChI=1S/C18H22ClN3O/c1-22-9-10-23-17(13-22)18(15-4-6-16(19)7-5-15)21-12-14-3-2-8-20-11-14/h2-8,11,17-18,21H,9-10,12-13H2,1H3/t17-,18-/m1/s1. The quantitative estimate of drug-likeness (QED) is 0.914. The molecule has 0 aliphatic carbocycles. The largest absolute Gasteiger partial charge is 0.374 e. The summed E-state index contributed by atoms with van der Waals surface area (Å²) in [7, 11) is 2.13. The first kappa shape index (κ1) is 16.4. The topological polar surface area (TPSA) is 37.4 Å². The first-order valence-corrected chi connectivity index (χ1v) is 8.28. The Morgan fingerprint density at radius 3 is 2.87 bits per heavy atom. The highest BCUT2D eigenvalue weighted by Crippen LogP contribution is 2.24. The molecular weight excluding hydrogens is 310 g/mol. The van der Waals surface area contributed by atoms with Crippen molar-refractivity contribution in [3.63, 3.8) is 0 Å². The number of hydrogen-bond acceptors (Lipinski definition) is 4. The van der Waals surface area contributed by atoms with Crippen molar-refractivity contribution in [1.82, 2.24) is 15.2 Å². The Labute approximate surface area is 142 Å². The second-order valence-electron chi connectivity index (χ2n) is 5.94. The van der Waals surface area contributed by atoms with Gasteiger partial charge in [-0.05, 0) is 36.4 Å². The molecule has 2 aromatic rings. The van der Waals surface area contributed by atoms with E-state index < -0.39 is 0 Å². The lowest BCUT2D eigenvalue weighted by molar-refractivity contribution is -0.0396. The number of pyridine rings is 1. The lowest BCUT2D eigenvalue weighted by Crippen LogP contribution is -2.46. The molecule has 5 heteroatoms. The first-order valence-electron chi connectivity index (χ1n) is 7.90. The fourth-order valence-electron chi connectivity index (χ4n) is 2.88. The highest BCUT2D eigenvalue weighted by Gasteiger charge is 2.27. The van der Waals surface area contributed by atoms with Gasteiger partial charge in [0.2, 0.25) is 0 Å². The van der Waals surface area contributed by atoms with Crippen molar-refractivity contribution in [1.29, 1.82) is 0 Å². The minimum Gasteiger partial charge on any atom is -0.374 e. The Morgan fingerprint density at radius 2 is 2.17 bits per heavy atom. The number of likely N-dealkylation sites (N-methyl/N-ethyl adjacent to an activating group) is 1. The highest BCUT2D eigenvalue weighted by molar-refractivity contribution is 6.30. The van der Waals surface area contributed by atoms with Crippen LogP contribution in [0.3, 0.4) is 0 Å². The number of aromatic nitrogens is 1. The normalized spacial score (nSPS) is 20.3. The molecule has 1 fully saturated rings. The molecule has 1 aliphatic heterocycles. The molecule has 3 rings (SSSR count). The van der Waals surface area contributed by atoms with Crippen molar-refractivity contribution in [3.8, 4) is 0 Å². The molecule has 2 atom stereocenters. The Kier molecular flexibility index (Phi) is 5.62. The molecule has 0 spiro atoms. The van der Waals surface area contributed by atoms with Gasteiger partial charge < -0.3 is 15.0 Å². The van der Waals surface area contributed by atoms with Gasteiger partial charge in [0.15, 0.2) is 0 Å². The number of morpholine rings is 1. The summed E-state index contributed by atoms with van der Waals surface area (Å²) in [5, 5.41) is 4.38. The minimum atomic E-state index is 0.117. The van der Waals surface area contributed by atoms with Crippen LogP contribution in [0, 0.1) is 0 Å². The van der Waals surface area contributed by atoms with Crippen LogP contribution in [0.5, 0.6) is 0 Å². The van der Waals surface area contributed by atoms with Gasteiger partial charge in [-0.25, -0.2) is 0 Å². The summed E-state index contributed by atoms with van der Waals surface area (Å²) in [4.78, 5) is 6.48. The maximum atomic E-state index is 6.03. The predicted molar refractivity (Wildman–Crippen MR) is 92.5 cm³/mol. The zero-order valence-corrected chi connectivity index (χ0v) is 14.0. The summed E-state index contributed by atoms with van der Waals surface area (Å²) in [6, 6.07) is 12.2. The SMILES string of the molecule is CN1CCO[C@@H]([C@H](NCc2cccnc2)c2ccc(Cl)cc2)C1. The highest BCUT2D eigenvalue weighted by atomic mass is 35.5. The van der Waals surface area contributed by atoms with E-state index in [1.165, 1.54) is 5.56 Å². The molecule has 1 saturated heterocycles. The molecule has 2 heterocycles. The maximum absolute atomic E-state index is 6.03. The number of rotatable bonds is 5. The van der Waals surface area contributed by atoms with Crippen LogP contribution in [0.4, 0.5) is 0 Å². The van der Waals surface area contributed by atoms with E-state index in [0.717, 1.165) is 36.8 Å². The Hall–Kier alpha value is -1.46. The van der Waals surface area contributed by atoms with Gasteiger partial charge >= 0.3 is 0 Å². The third-order valence-electron chi connectivity index (χ3n) is 4.15. The van der Waals surface area contributed by atoms with E-state index >= 15 is 0 Å². The Balaban J connectivity index is 1.76. The molecule has 4 nitrogen and oxygen atoms in total. The molecule has 1 aromatic heterocycles. The van der Waals surface area contributed by atoms with Gasteiger partial charge in [0.1, 0.15) is 0 Å². The zero-order chi connectivity index (χ0) is 16.1. The van der Waals surface area contributed by atoms with Crippen LogP contribution in [-0.4, -0.2) is 42.7 Å². The van der Waals surface area contributed by atoms with Crippen molar-refractivity contribution < 1.29 is 4.74 Å². The maximum Gasteiger partial charge on any atom is 0.0896 e. The van der Waals surface area contributed by atoms with Crippen LogP contribution in [0.2, 0.25) is 5.02 Å². The van der Waals surface area contributed by atoms with Gasteiger partial charge in [0.25, 0.3) is 0 Å². The predicted octanol–water partition coefficient (Wildman–Crippen LogP) is 2.90. The van der Waals surface area contributed by atoms with Crippen molar-refractivity contribution in [2.75, 3.05) is 26.7 Å². The van der Waals surface area contributed by atoms with E-state index in [1.807, 2.05) is 24.4 Å². The van der Waals surface area contributed by atoms with Gasteiger partial charge in [-0.2, -0.15) is 0 Å². The van der Waals surface area contributed by atoms with Crippen LogP contribution < -0.4 is 5.32 Å². The molecule has 0 unspecified atom stereocenters. The second kappa shape index (κ2) is 7.88. The molecule has 23 heavy (non-hydrogen) atoms. The molecular formula is C18H22ClN3O. The lowest BCUT2D eigenvalue weighted by atomic mass is 9.99. The van der Waals surface area contributed by atoms with Gasteiger partial charge in [0.05, 0.1) is 18.8 Å². The van der Waals surface area contributed by atoms with E-state index in [4.69, 9.17) is 16.3 Å². The van der Waals surface area contributed by atoms with Crippen molar-refractivity contribution >= 4 is 11.6 Å². The molecule has 122 valence electrons. The van der Waals surface area contributed by atoms with Crippen LogP contribution >= 0.6 is 11.6 Å². The molecule has 0 amide bonds. The van der Waals surface area contributed by atoms with Crippen LogP contribution in [0.1, 0.15) is 17.2 Å². The summed E-state index contributed by atoms with van der Waals surface area (Å²) in [5.41, 5.74) is 2.36. The Morgan fingerprint density at radius 1 is 1.35 bits per heavy atom. The lowest BCUT2D eigenvalue weighted by Gasteiger charge is -2.36. The van der Waals surface area contributed by atoms with E-state index in [0.29, 0.717) is 0 Å². The van der Waals surface area contributed by atoms with Crippen molar-refractivity contribution in [2.45, 2.75) is 18.7 Å². The van der Waals surface area contributed by atoms with E-state index in [1.54, 1.807) is 6.20 Å². The fourth-order valence-corrected chi connectivity index (χ4v) is 3.00. The minimum absolute atomic E-state index is 0.117. The zero-order valence-electron chi connectivity index (χ0n) is 13.3. The smallest absolute Gasteiger partial charge is 0.0896 e. The number of benzene rings is 1. The van der Waals surface area contributed by atoms with Crippen molar-refractivity contribution in [3.05, 3.63) is 64.9 Å². The molecule has 0 radical (unpaired) electrons. The first-order chi connectivity index (χ1) is 11.2. The number of hydrogen-bond donors (Lipinski definition) is 1. The average Bonchev–Trinajstić information content (AvgIpc) is 2.58. The summed E-state index contributed by atoms with van der Waals surface area (Å²) in [5.74, 6) is 0. The fraction of sp³-hybridized carbons (Fsp3) is 0.389. The third kappa shape index (κ3) is 4.52. The van der Waals surface area contributed by atoms with Gasteiger partial charge in [-0.1, -0.05) is 29.8 Å². The van der Waals surface area contributed by atoms with E-state index in [-0.39, 0.29) is 12.1 Å². The van der Waals surface area contributed by atoms with E-state index in [9.17, 15) is 0 Å². The summed E-state index contributed by atoms with van der Waals surface area (Å²) in [6.07, 6.45) is 3.80. The number of halogens is 1. The number of nitrogens with one attached hydrogen (secondary N) is 1. The summed E-state index contributed by atoms with van der Waals surface area (Å²) in [6.45, 7) is 3.41. The number of ether oxygens (including phenoxy) is 1. The van der Waals surface area contributed by atoms with E-state index in [2.05, 4.69) is 40.4 Å². The molecule has 1 aromatic carbocycles. The van der Waals surface area contributed by atoms with Crippen molar-refractivity contribution in [2.24, 2.45) is 0 Å². The molecule has 0 bridgehead atoms. The van der Waals surface area contributed by atoms with Gasteiger partial charge in [-0.15, -0.1) is 0 Å². The second-order valence-corrected chi connectivity index (χ2v) is 6.38. The molecule has 1 N–H and O–H groups in total. The number of nitrogens with zero attached hydrogens (tertiary/aromatic N) is 2.